The molecule has 3 aromatic carbocycles. The van der Waals surface area contributed by atoms with Crippen molar-refractivity contribution in [1.29, 1.82) is 0 Å². The van der Waals surface area contributed by atoms with Crippen LogP contribution in [0.4, 0.5) is 5.69 Å². The molecule has 6 heteroatoms. The molecule has 192 valence electrons. The maximum atomic E-state index is 12.5. The molecule has 6 nitrogen and oxygen atoms in total. The molecule has 0 aliphatic carbocycles. The fourth-order valence-electron chi connectivity index (χ4n) is 4.33. The lowest BCUT2D eigenvalue weighted by atomic mass is 9.95. The maximum absolute atomic E-state index is 12.5. The second-order valence-corrected chi connectivity index (χ2v) is 9.59. The number of carbonyl (C=O) groups is 2. The van der Waals surface area contributed by atoms with Crippen LogP contribution < -0.4 is 5.32 Å². The second-order valence-electron chi connectivity index (χ2n) is 9.59. The lowest BCUT2D eigenvalue weighted by Crippen LogP contribution is -2.13. The van der Waals surface area contributed by atoms with Gasteiger partial charge in [0.05, 0.1) is 12.6 Å². The predicted octanol–water partition coefficient (Wildman–Crippen LogP) is 7.61. The van der Waals surface area contributed by atoms with Crippen LogP contribution in [0.2, 0.25) is 0 Å². The maximum Gasteiger partial charge on any atom is 0.305 e. The number of esters is 1. The molecule has 4 rings (SSSR count). The zero-order valence-corrected chi connectivity index (χ0v) is 21.7. The topological polar surface area (TPSA) is 81.4 Å². The Balaban J connectivity index is 1.41. The molecule has 0 fully saturated rings. The number of rotatable bonds is 12. The molecule has 0 radical (unpaired) electrons. The standard InChI is InChI=1S/C31H34N2O4/c1-4-36-30(35)11-7-9-28(34)23-16-18-25(19-17-23)32-27(20-21(2)3)22-12-14-24(15-13-22)31-33-26-8-5-6-10-29(26)37-31/h5-6,8,10,12-19,21,27,32H,4,7,9,11,20H2,1-3H3/t27-/m0/s1. The molecule has 1 heterocycles. The summed E-state index contributed by atoms with van der Waals surface area (Å²) in [4.78, 5) is 28.6. The highest BCUT2D eigenvalue weighted by Crippen LogP contribution is 2.30. The van der Waals surface area contributed by atoms with Crippen molar-refractivity contribution >= 4 is 28.5 Å². The Morgan fingerprint density at radius 3 is 2.35 bits per heavy atom. The summed E-state index contributed by atoms with van der Waals surface area (Å²) in [5.41, 5.74) is 5.35. The van der Waals surface area contributed by atoms with Gasteiger partial charge in [-0.25, -0.2) is 4.98 Å². The molecule has 1 N–H and O–H groups in total. The highest BCUT2D eigenvalue weighted by atomic mass is 16.5. The van der Waals surface area contributed by atoms with Crippen molar-refractivity contribution < 1.29 is 18.7 Å². The number of nitrogens with zero attached hydrogens (tertiary/aromatic N) is 1. The fourth-order valence-corrected chi connectivity index (χ4v) is 4.33. The molecule has 0 spiro atoms. The van der Waals surface area contributed by atoms with Gasteiger partial charge in [0, 0.05) is 29.7 Å². The third-order valence-corrected chi connectivity index (χ3v) is 6.20. The number of nitrogens with one attached hydrogen (secondary N) is 1. The Morgan fingerprint density at radius 2 is 1.68 bits per heavy atom. The van der Waals surface area contributed by atoms with Crippen molar-refractivity contribution in [1.82, 2.24) is 4.98 Å². The predicted molar refractivity (Wildman–Crippen MR) is 147 cm³/mol. The Kier molecular flexibility index (Phi) is 8.72. The minimum absolute atomic E-state index is 0.0318. The summed E-state index contributed by atoms with van der Waals surface area (Å²) in [6, 6.07) is 23.8. The molecular weight excluding hydrogens is 464 g/mol. The van der Waals surface area contributed by atoms with Crippen LogP contribution in [0.1, 0.15) is 68.4 Å². The average Bonchev–Trinajstić information content (AvgIpc) is 3.33. The summed E-state index contributed by atoms with van der Waals surface area (Å²) in [6.07, 6.45) is 2.04. The zero-order valence-electron chi connectivity index (χ0n) is 21.7. The van der Waals surface area contributed by atoms with Crippen LogP contribution in [0.5, 0.6) is 0 Å². The summed E-state index contributed by atoms with van der Waals surface area (Å²) < 4.78 is 10.8. The van der Waals surface area contributed by atoms with E-state index in [4.69, 9.17) is 9.15 Å². The number of carbonyl (C=O) groups excluding carboxylic acids is 2. The Bertz CT molecular complexity index is 1290. The summed E-state index contributed by atoms with van der Waals surface area (Å²) in [5, 5.41) is 3.63. The summed E-state index contributed by atoms with van der Waals surface area (Å²) in [6.45, 7) is 6.56. The van der Waals surface area contributed by atoms with Crippen LogP contribution in [-0.2, 0) is 9.53 Å². The Labute approximate surface area is 218 Å². The van der Waals surface area contributed by atoms with E-state index in [1.165, 1.54) is 5.56 Å². The molecule has 0 saturated carbocycles. The molecule has 0 amide bonds. The van der Waals surface area contributed by atoms with Crippen molar-refractivity contribution in [3.05, 3.63) is 83.9 Å². The number of Topliss-reactive ketones (excluding diaryl/α,β-unsaturated/α-hetero) is 1. The number of ketones is 1. The van der Waals surface area contributed by atoms with E-state index in [-0.39, 0.29) is 24.2 Å². The van der Waals surface area contributed by atoms with Gasteiger partial charge in [0.2, 0.25) is 5.89 Å². The highest BCUT2D eigenvalue weighted by molar-refractivity contribution is 5.96. The van der Waals surface area contributed by atoms with Crippen LogP contribution in [0, 0.1) is 5.92 Å². The lowest BCUT2D eigenvalue weighted by Gasteiger charge is -2.22. The van der Waals surface area contributed by atoms with Crippen LogP contribution in [-0.4, -0.2) is 23.3 Å². The van der Waals surface area contributed by atoms with Gasteiger partial charge in [-0.3, -0.25) is 9.59 Å². The Morgan fingerprint density at radius 1 is 0.946 bits per heavy atom. The van der Waals surface area contributed by atoms with Gasteiger partial charge in [-0.2, -0.15) is 0 Å². The summed E-state index contributed by atoms with van der Waals surface area (Å²) in [7, 11) is 0. The number of anilines is 1. The number of fused-ring (bicyclic) bond motifs is 1. The smallest absolute Gasteiger partial charge is 0.305 e. The normalized spacial score (nSPS) is 12.0. The van der Waals surface area contributed by atoms with Crippen LogP contribution in [0.15, 0.2) is 77.2 Å². The largest absolute Gasteiger partial charge is 0.466 e. The Hall–Kier alpha value is -3.93. The van der Waals surface area contributed by atoms with E-state index >= 15 is 0 Å². The first-order chi connectivity index (χ1) is 17.9. The van der Waals surface area contributed by atoms with E-state index in [9.17, 15) is 9.59 Å². The fraction of sp³-hybridized carbons (Fsp3) is 0.323. The van der Waals surface area contributed by atoms with E-state index in [1.54, 1.807) is 6.92 Å². The van der Waals surface area contributed by atoms with Gasteiger partial charge in [0.1, 0.15) is 5.52 Å². The molecule has 0 unspecified atom stereocenters. The van der Waals surface area contributed by atoms with Crippen molar-refractivity contribution in [3.8, 4) is 11.5 Å². The quantitative estimate of drug-likeness (QED) is 0.160. The van der Waals surface area contributed by atoms with Crippen molar-refractivity contribution in [2.24, 2.45) is 5.92 Å². The molecule has 0 aliphatic heterocycles. The van der Waals surface area contributed by atoms with Gasteiger partial charge in [-0.15, -0.1) is 0 Å². The van der Waals surface area contributed by atoms with E-state index in [1.807, 2.05) is 60.7 Å². The van der Waals surface area contributed by atoms with E-state index in [0.717, 1.165) is 28.8 Å². The second kappa shape index (κ2) is 12.3. The van der Waals surface area contributed by atoms with Crippen LogP contribution in [0.25, 0.3) is 22.6 Å². The third-order valence-electron chi connectivity index (χ3n) is 6.20. The highest BCUT2D eigenvalue weighted by Gasteiger charge is 2.16. The molecule has 0 aliphatic rings. The molecular formula is C31H34N2O4. The minimum Gasteiger partial charge on any atom is -0.466 e. The first-order valence-corrected chi connectivity index (χ1v) is 12.9. The summed E-state index contributed by atoms with van der Waals surface area (Å²) >= 11 is 0. The molecule has 0 bridgehead atoms. The molecule has 1 atom stereocenters. The van der Waals surface area contributed by atoms with E-state index in [2.05, 4.69) is 36.3 Å². The SMILES string of the molecule is CCOC(=O)CCCC(=O)c1ccc(N[C@@H](CC(C)C)c2ccc(-c3nc4ccccc4o3)cc2)cc1. The number of ether oxygens (including phenoxy) is 1. The number of hydrogen-bond acceptors (Lipinski definition) is 6. The van der Waals surface area contributed by atoms with Crippen molar-refractivity contribution in [3.63, 3.8) is 0 Å². The number of para-hydroxylation sites is 2. The van der Waals surface area contributed by atoms with Crippen LogP contribution in [0.3, 0.4) is 0 Å². The van der Waals surface area contributed by atoms with Crippen molar-refractivity contribution in [2.45, 2.75) is 52.5 Å². The molecule has 0 saturated heterocycles. The van der Waals surface area contributed by atoms with Gasteiger partial charge in [-0.1, -0.05) is 38.1 Å². The van der Waals surface area contributed by atoms with Gasteiger partial charge in [-0.05, 0) is 79.8 Å². The number of hydrogen-bond donors (Lipinski definition) is 1. The monoisotopic (exact) mass is 498 g/mol. The van der Waals surface area contributed by atoms with Crippen molar-refractivity contribution in [2.75, 3.05) is 11.9 Å². The third kappa shape index (κ3) is 7.06. The first-order valence-electron chi connectivity index (χ1n) is 12.9. The minimum atomic E-state index is -0.257. The van der Waals surface area contributed by atoms with Gasteiger partial charge < -0.3 is 14.5 Å². The first kappa shape index (κ1) is 26.1. The number of benzene rings is 3. The average molecular weight is 499 g/mol. The van der Waals surface area contributed by atoms with Gasteiger partial charge >= 0.3 is 5.97 Å². The number of aromatic nitrogens is 1. The number of oxazole rings is 1. The zero-order chi connectivity index (χ0) is 26.2. The van der Waals surface area contributed by atoms with Crippen LogP contribution >= 0.6 is 0 Å². The molecule has 4 aromatic rings. The lowest BCUT2D eigenvalue weighted by molar-refractivity contribution is -0.143. The van der Waals surface area contributed by atoms with Gasteiger partial charge in [0.15, 0.2) is 11.4 Å². The molecule has 1 aromatic heterocycles. The molecule has 37 heavy (non-hydrogen) atoms. The summed E-state index contributed by atoms with van der Waals surface area (Å²) in [5.74, 6) is 0.885. The van der Waals surface area contributed by atoms with Gasteiger partial charge in [0.25, 0.3) is 0 Å². The van der Waals surface area contributed by atoms with E-state index in [0.29, 0.717) is 36.8 Å². The van der Waals surface area contributed by atoms with E-state index < -0.39 is 0 Å².